The molecule has 2 rings (SSSR count). The summed E-state index contributed by atoms with van der Waals surface area (Å²) in [6.07, 6.45) is 6.58. The lowest BCUT2D eigenvalue weighted by atomic mass is 10.2. The van der Waals surface area contributed by atoms with Gasteiger partial charge in [-0.05, 0) is 12.1 Å². The van der Waals surface area contributed by atoms with Crippen LogP contribution in [0.5, 0.6) is 0 Å². The van der Waals surface area contributed by atoms with Crippen LogP contribution < -0.4 is 5.32 Å². The van der Waals surface area contributed by atoms with Crippen molar-refractivity contribution >= 4 is 11.6 Å². The Morgan fingerprint density at radius 1 is 1.57 bits per heavy atom. The first-order chi connectivity index (χ1) is 6.81. The molecule has 1 amide bonds. The first-order valence-electron chi connectivity index (χ1n) is 3.93. The molecule has 0 aromatic carbocycles. The number of pyridine rings is 1. The predicted octanol–water partition coefficient (Wildman–Crippen LogP) is 0.545. The molecule has 2 aromatic heterocycles. The van der Waals surface area contributed by atoms with E-state index in [0.29, 0.717) is 5.56 Å². The molecule has 14 heavy (non-hydrogen) atoms. The molecule has 0 aliphatic heterocycles. The van der Waals surface area contributed by atoms with Crippen LogP contribution in [0.4, 0.5) is 0 Å². The minimum Gasteiger partial charge on any atom is -0.306 e. The lowest BCUT2D eigenvalue weighted by Gasteiger charge is -1.98. The first-order valence-corrected chi connectivity index (χ1v) is 3.93. The predicted molar refractivity (Wildman–Crippen MR) is 48.3 cm³/mol. The van der Waals surface area contributed by atoms with E-state index in [1.807, 2.05) is 0 Å². The Morgan fingerprint density at radius 3 is 3.21 bits per heavy atom. The van der Waals surface area contributed by atoms with Crippen LogP contribution in [0.15, 0.2) is 30.7 Å². The molecule has 68 valence electrons. The van der Waals surface area contributed by atoms with Gasteiger partial charge in [0.05, 0.1) is 5.56 Å². The van der Waals surface area contributed by atoms with E-state index >= 15 is 0 Å². The quantitative estimate of drug-likeness (QED) is 0.522. The smallest absolute Gasteiger partial charge is 0.265 e. The third kappa shape index (κ3) is 1.29. The number of hydrogen-bond acceptors (Lipinski definition) is 3. The van der Waals surface area contributed by atoms with Crippen LogP contribution >= 0.6 is 0 Å². The summed E-state index contributed by atoms with van der Waals surface area (Å²) in [5, 5.41) is 10.3. The SMILES string of the molecule is N#CNC(=O)c1ccc2nccn2c1. The van der Waals surface area contributed by atoms with Crippen molar-refractivity contribution in [2.45, 2.75) is 0 Å². The Morgan fingerprint density at radius 2 is 2.43 bits per heavy atom. The number of carbonyl (C=O) groups is 1. The molecule has 2 heterocycles. The summed E-state index contributed by atoms with van der Waals surface area (Å²) < 4.78 is 1.71. The van der Waals surface area contributed by atoms with E-state index in [-0.39, 0.29) is 0 Å². The summed E-state index contributed by atoms with van der Waals surface area (Å²) in [4.78, 5) is 15.3. The largest absolute Gasteiger partial charge is 0.306 e. The number of hydrogen-bond donors (Lipinski definition) is 1. The Balaban J connectivity index is 2.44. The van der Waals surface area contributed by atoms with Crippen LogP contribution in [0, 0.1) is 11.5 Å². The van der Waals surface area contributed by atoms with Gasteiger partial charge in [-0.25, -0.2) is 4.98 Å². The summed E-state index contributed by atoms with van der Waals surface area (Å²) in [6.45, 7) is 0. The molecule has 0 aliphatic carbocycles. The van der Waals surface area contributed by atoms with Gasteiger partial charge in [-0.1, -0.05) is 0 Å². The normalized spacial score (nSPS) is 9.64. The zero-order valence-corrected chi connectivity index (χ0v) is 7.14. The fourth-order valence-electron chi connectivity index (χ4n) is 1.18. The highest BCUT2D eigenvalue weighted by atomic mass is 16.1. The second kappa shape index (κ2) is 3.18. The Labute approximate surface area is 79.6 Å². The zero-order valence-electron chi connectivity index (χ0n) is 7.14. The van der Waals surface area contributed by atoms with Crippen molar-refractivity contribution in [3.63, 3.8) is 0 Å². The average molecular weight is 186 g/mol. The van der Waals surface area contributed by atoms with Crippen LogP contribution in [0.2, 0.25) is 0 Å². The van der Waals surface area contributed by atoms with E-state index in [9.17, 15) is 4.79 Å². The molecule has 1 N–H and O–H groups in total. The van der Waals surface area contributed by atoms with E-state index in [0.717, 1.165) is 5.65 Å². The molecule has 5 heteroatoms. The molecule has 0 atom stereocenters. The molecule has 0 saturated heterocycles. The number of imidazole rings is 1. The molecule has 0 radical (unpaired) electrons. The number of nitrogens with zero attached hydrogens (tertiary/aromatic N) is 3. The van der Waals surface area contributed by atoms with E-state index in [1.54, 1.807) is 41.3 Å². The van der Waals surface area contributed by atoms with Gasteiger partial charge in [0.25, 0.3) is 5.91 Å². The second-order valence-corrected chi connectivity index (χ2v) is 2.68. The van der Waals surface area contributed by atoms with Crippen molar-refractivity contribution in [3.05, 3.63) is 36.3 Å². The van der Waals surface area contributed by atoms with Gasteiger partial charge in [0.2, 0.25) is 0 Å². The highest BCUT2D eigenvalue weighted by Gasteiger charge is 2.04. The minimum atomic E-state index is -0.414. The van der Waals surface area contributed by atoms with Crippen molar-refractivity contribution in [2.24, 2.45) is 0 Å². The van der Waals surface area contributed by atoms with Crippen LogP contribution in [0.1, 0.15) is 10.4 Å². The summed E-state index contributed by atoms with van der Waals surface area (Å²) in [6, 6.07) is 3.33. The van der Waals surface area contributed by atoms with Crippen molar-refractivity contribution < 1.29 is 4.79 Å². The van der Waals surface area contributed by atoms with Gasteiger partial charge in [0, 0.05) is 18.6 Å². The zero-order chi connectivity index (χ0) is 9.97. The Kier molecular flexibility index (Phi) is 1.88. The third-order valence-corrected chi connectivity index (χ3v) is 1.82. The van der Waals surface area contributed by atoms with E-state index in [1.165, 1.54) is 0 Å². The number of rotatable bonds is 1. The van der Waals surface area contributed by atoms with Crippen molar-refractivity contribution in [1.82, 2.24) is 14.7 Å². The maximum Gasteiger partial charge on any atom is 0.265 e. The van der Waals surface area contributed by atoms with Gasteiger partial charge in [-0.15, -0.1) is 0 Å². The number of nitriles is 1. The maximum atomic E-state index is 11.2. The minimum absolute atomic E-state index is 0.414. The molecule has 0 unspecified atom stereocenters. The van der Waals surface area contributed by atoms with Crippen molar-refractivity contribution in [3.8, 4) is 6.19 Å². The van der Waals surface area contributed by atoms with Gasteiger partial charge in [0.1, 0.15) is 5.65 Å². The monoisotopic (exact) mass is 186 g/mol. The van der Waals surface area contributed by atoms with Gasteiger partial charge in [-0.3, -0.25) is 10.1 Å². The summed E-state index contributed by atoms with van der Waals surface area (Å²) in [5.74, 6) is -0.414. The summed E-state index contributed by atoms with van der Waals surface area (Å²) >= 11 is 0. The highest BCUT2D eigenvalue weighted by Crippen LogP contribution is 2.04. The number of nitrogens with one attached hydrogen (secondary N) is 1. The Bertz CT molecular complexity index is 523. The van der Waals surface area contributed by atoms with Crippen molar-refractivity contribution in [2.75, 3.05) is 0 Å². The Hall–Kier alpha value is -2.35. The maximum absolute atomic E-state index is 11.2. The fourth-order valence-corrected chi connectivity index (χ4v) is 1.18. The lowest BCUT2D eigenvalue weighted by molar-refractivity contribution is 0.0972. The van der Waals surface area contributed by atoms with E-state index < -0.39 is 5.91 Å². The van der Waals surface area contributed by atoms with Gasteiger partial charge < -0.3 is 4.40 Å². The molecule has 0 fully saturated rings. The van der Waals surface area contributed by atoms with Crippen molar-refractivity contribution in [1.29, 1.82) is 5.26 Å². The summed E-state index contributed by atoms with van der Waals surface area (Å²) in [7, 11) is 0. The van der Waals surface area contributed by atoms with Gasteiger partial charge in [-0.2, -0.15) is 5.26 Å². The standard InChI is InChI=1S/C9H6N4O/c10-6-12-9(14)7-1-2-8-11-3-4-13(8)5-7/h1-5H,(H,12,14). The molecule has 0 saturated carbocycles. The first kappa shape index (κ1) is 8.26. The third-order valence-electron chi connectivity index (χ3n) is 1.82. The van der Waals surface area contributed by atoms with Crippen LogP contribution in [-0.2, 0) is 0 Å². The van der Waals surface area contributed by atoms with E-state index in [4.69, 9.17) is 5.26 Å². The molecule has 5 nitrogen and oxygen atoms in total. The molecular weight excluding hydrogens is 180 g/mol. The second-order valence-electron chi connectivity index (χ2n) is 2.68. The van der Waals surface area contributed by atoms with Crippen LogP contribution in [0.25, 0.3) is 5.65 Å². The molecule has 0 bridgehead atoms. The molecule has 2 aromatic rings. The highest BCUT2D eigenvalue weighted by molar-refractivity contribution is 5.95. The fraction of sp³-hybridized carbons (Fsp3) is 0. The number of amides is 1. The molecule has 0 aliphatic rings. The molecule has 0 spiro atoms. The van der Waals surface area contributed by atoms with Crippen LogP contribution in [-0.4, -0.2) is 15.3 Å². The summed E-state index contributed by atoms with van der Waals surface area (Å²) in [5.41, 5.74) is 1.19. The number of carbonyl (C=O) groups excluding carboxylic acids is 1. The number of fused-ring (bicyclic) bond motifs is 1. The topological polar surface area (TPSA) is 70.2 Å². The van der Waals surface area contributed by atoms with Gasteiger partial charge in [0.15, 0.2) is 6.19 Å². The lowest BCUT2D eigenvalue weighted by Crippen LogP contribution is -2.17. The van der Waals surface area contributed by atoms with Gasteiger partial charge >= 0.3 is 0 Å². The molecular formula is C9H6N4O. The average Bonchev–Trinajstić information content (AvgIpc) is 2.64. The van der Waals surface area contributed by atoms with Crippen LogP contribution in [0.3, 0.4) is 0 Å². The van der Waals surface area contributed by atoms with E-state index in [2.05, 4.69) is 10.3 Å². The number of aromatic nitrogens is 2.